The molecule has 1 aromatic rings. The van der Waals surface area contributed by atoms with E-state index in [2.05, 4.69) is 10.3 Å². The Hall–Kier alpha value is -1.17. The molecule has 1 amide bonds. The fraction of sp³-hybridized carbons (Fsp3) is 0.538. The van der Waals surface area contributed by atoms with Crippen LogP contribution in [0.3, 0.4) is 0 Å². The first-order valence-corrected chi connectivity index (χ1v) is 6.60. The fourth-order valence-electron chi connectivity index (χ4n) is 1.57. The number of halogens is 1. The summed E-state index contributed by atoms with van der Waals surface area (Å²) in [5, 5.41) is 3.05. The first-order chi connectivity index (χ1) is 9.06. The van der Waals surface area contributed by atoms with Gasteiger partial charge in [0.2, 0.25) is 0 Å². The molecule has 19 heavy (non-hydrogen) atoms. The quantitative estimate of drug-likeness (QED) is 0.616. The van der Waals surface area contributed by atoms with E-state index in [0.717, 1.165) is 0 Å². The smallest absolute Gasteiger partial charge is 0.251 e. The molecule has 0 aliphatic heterocycles. The molecule has 1 rings (SSSR count). The zero-order valence-electron chi connectivity index (χ0n) is 11.4. The highest BCUT2D eigenvalue weighted by molar-refractivity contribution is 6.29. The van der Waals surface area contributed by atoms with Gasteiger partial charge in [0.1, 0.15) is 5.15 Å². The van der Waals surface area contributed by atoms with Crippen LogP contribution in [0.4, 0.5) is 0 Å². The molecule has 0 atom stereocenters. The van der Waals surface area contributed by atoms with E-state index >= 15 is 0 Å². The number of hydrogen-bond donors (Lipinski definition) is 1. The molecule has 0 aliphatic carbocycles. The number of ether oxygens (including phenoxy) is 2. The molecule has 0 saturated carbocycles. The van der Waals surface area contributed by atoms with Gasteiger partial charge in [0, 0.05) is 24.5 Å². The molecular formula is C13H19ClN2O3. The molecule has 0 unspecified atom stereocenters. The first-order valence-electron chi connectivity index (χ1n) is 6.22. The normalized spacial score (nSPS) is 10.8. The summed E-state index contributed by atoms with van der Waals surface area (Å²) in [6.45, 7) is 6.88. The maximum Gasteiger partial charge on any atom is 0.251 e. The average Bonchev–Trinajstić information content (AvgIpc) is 2.35. The van der Waals surface area contributed by atoms with Gasteiger partial charge in [0.15, 0.2) is 6.29 Å². The van der Waals surface area contributed by atoms with Gasteiger partial charge in [-0.25, -0.2) is 4.98 Å². The Kier molecular flexibility index (Phi) is 6.77. The minimum Gasteiger partial charge on any atom is -0.351 e. The number of carbonyl (C=O) groups is 1. The molecule has 0 fully saturated rings. The second-order valence-corrected chi connectivity index (χ2v) is 4.26. The lowest BCUT2D eigenvalue weighted by molar-refractivity contribution is -0.131. The number of aromatic nitrogens is 1. The van der Waals surface area contributed by atoms with Crippen LogP contribution in [0.25, 0.3) is 0 Å². The van der Waals surface area contributed by atoms with Crippen LogP contribution >= 0.6 is 11.6 Å². The lowest BCUT2D eigenvalue weighted by Crippen LogP contribution is -2.35. The van der Waals surface area contributed by atoms with Crippen molar-refractivity contribution in [2.45, 2.75) is 27.1 Å². The van der Waals surface area contributed by atoms with Gasteiger partial charge in [-0.15, -0.1) is 0 Å². The molecule has 0 radical (unpaired) electrons. The van der Waals surface area contributed by atoms with Gasteiger partial charge in [-0.2, -0.15) is 0 Å². The molecule has 0 aromatic carbocycles. The van der Waals surface area contributed by atoms with Gasteiger partial charge < -0.3 is 14.8 Å². The van der Waals surface area contributed by atoms with E-state index in [1.54, 1.807) is 13.0 Å². The monoisotopic (exact) mass is 286 g/mol. The van der Waals surface area contributed by atoms with Crippen molar-refractivity contribution >= 4 is 17.5 Å². The van der Waals surface area contributed by atoms with Crippen molar-refractivity contribution in [3.63, 3.8) is 0 Å². The van der Waals surface area contributed by atoms with Crippen molar-refractivity contribution in [2.24, 2.45) is 0 Å². The lowest BCUT2D eigenvalue weighted by atomic mass is 10.2. The number of rotatable bonds is 7. The van der Waals surface area contributed by atoms with Crippen LogP contribution in [-0.4, -0.2) is 36.9 Å². The van der Waals surface area contributed by atoms with E-state index in [0.29, 0.717) is 36.2 Å². The van der Waals surface area contributed by atoms with E-state index in [1.807, 2.05) is 13.8 Å². The Morgan fingerprint density at radius 1 is 1.37 bits per heavy atom. The zero-order chi connectivity index (χ0) is 14.3. The van der Waals surface area contributed by atoms with E-state index in [1.165, 1.54) is 6.07 Å². The number of nitrogens with one attached hydrogen (secondary N) is 1. The van der Waals surface area contributed by atoms with Gasteiger partial charge in [0.05, 0.1) is 6.54 Å². The van der Waals surface area contributed by atoms with Gasteiger partial charge in [-0.05, 0) is 32.9 Å². The predicted molar refractivity (Wildman–Crippen MR) is 73.4 cm³/mol. The number of carbonyl (C=O) groups excluding carboxylic acids is 1. The predicted octanol–water partition coefficient (Wildman–Crippen LogP) is 2.17. The third-order valence-electron chi connectivity index (χ3n) is 2.32. The highest BCUT2D eigenvalue weighted by Crippen LogP contribution is 2.10. The van der Waals surface area contributed by atoms with E-state index in [9.17, 15) is 4.79 Å². The van der Waals surface area contributed by atoms with E-state index in [4.69, 9.17) is 21.1 Å². The summed E-state index contributed by atoms with van der Waals surface area (Å²) in [5.41, 5.74) is 1.17. The summed E-state index contributed by atoms with van der Waals surface area (Å²) in [4.78, 5) is 16.0. The van der Waals surface area contributed by atoms with Gasteiger partial charge in [-0.3, -0.25) is 4.79 Å². The summed E-state index contributed by atoms with van der Waals surface area (Å²) in [6.07, 6.45) is -0.433. The van der Waals surface area contributed by atoms with E-state index < -0.39 is 6.29 Å². The number of nitrogens with zero attached hydrogens (tertiary/aromatic N) is 1. The van der Waals surface area contributed by atoms with Crippen LogP contribution in [-0.2, 0) is 9.47 Å². The second kappa shape index (κ2) is 8.09. The van der Waals surface area contributed by atoms with Crippen LogP contribution in [0.1, 0.15) is 29.9 Å². The maximum atomic E-state index is 12.0. The molecular weight excluding hydrogens is 268 g/mol. The molecule has 106 valence electrons. The highest BCUT2D eigenvalue weighted by atomic mass is 35.5. The van der Waals surface area contributed by atoms with Crippen molar-refractivity contribution < 1.29 is 14.3 Å². The fourth-order valence-corrected chi connectivity index (χ4v) is 1.83. The average molecular weight is 287 g/mol. The lowest BCUT2D eigenvalue weighted by Gasteiger charge is -2.17. The minimum absolute atomic E-state index is 0.225. The van der Waals surface area contributed by atoms with Gasteiger partial charge in [0.25, 0.3) is 5.91 Å². The number of amides is 1. The summed E-state index contributed by atoms with van der Waals surface area (Å²) < 4.78 is 10.7. The van der Waals surface area contributed by atoms with Crippen molar-refractivity contribution in [1.29, 1.82) is 0 Å². The van der Waals surface area contributed by atoms with Crippen LogP contribution in [0.2, 0.25) is 5.15 Å². The van der Waals surface area contributed by atoms with Crippen LogP contribution < -0.4 is 5.32 Å². The molecule has 5 nitrogen and oxygen atoms in total. The van der Waals surface area contributed by atoms with Gasteiger partial charge in [-0.1, -0.05) is 11.6 Å². The molecule has 0 spiro atoms. The number of pyridine rings is 1. The molecule has 1 N–H and O–H groups in total. The largest absolute Gasteiger partial charge is 0.351 e. The van der Waals surface area contributed by atoms with Crippen LogP contribution in [0.5, 0.6) is 0 Å². The topological polar surface area (TPSA) is 60.5 Å². The molecule has 0 bridgehead atoms. The molecule has 6 heteroatoms. The molecule has 0 saturated heterocycles. The Labute approximate surface area is 118 Å². The standard InChI is InChI=1S/C13H19ClN2O3/c1-4-18-12(19-5-2)8-15-13(17)10-6-9(3)16-11(14)7-10/h6-7,12H,4-5,8H2,1-3H3,(H,15,17). The van der Waals surface area contributed by atoms with Crippen molar-refractivity contribution in [3.05, 3.63) is 28.5 Å². The second-order valence-electron chi connectivity index (χ2n) is 3.87. The Bertz CT molecular complexity index is 400. The Balaban J connectivity index is 2.58. The van der Waals surface area contributed by atoms with E-state index in [-0.39, 0.29) is 5.91 Å². The summed E-state index contributed by atoms with van der Waals surface area (Å²) >= 11 is 5.82. The summed E-state index contributed by atoms with van der Waals surface area (Å²) in [7, 11) is 0. The van der Waals surface area contributed by atoms with Crippen LogP contribution in [0.15, 0.2) is 12.1 Å². The summed E-state index contributed by atoms with van der Waals surface area (Å²) in [6, 6.07) is 3.21. The third kappa shape index (κ3) is 5.55. The van der Waals surface area contributed by atoms with Gasteiger partial charge >= 0.3 is 0 Å². The third-order valence-corrected chi connectivity index (χ3v) is 2.51. The number of aryl methyl sites for hydroxylation is 1. The zero-order valence-corrected chi connectivity index (χ0v) is 12.2. The van der Waals surface area contributed by atoms with Crippen molar-refractivity contribution in [1.82, 2.24) is 10.3 Å². The first kappa shape index (κ1) is 15.9. The minimum atomic E-state index is -0.433. The SMILES string of the molecule is CCOC(CNC(=O)c1cc(C)nc(Cl)c1)OCC. The maximum absolute atomic E-state index is 12.0. The molecule has 1 heterocycles. The highest BCUT2D eigenvalue weighted by Gasteiger charge is 2.12. The van der Waals surface area contributed by atoms with Crippen molar-refractivity contribution in [3.8, 4) is 0 Å². The molecule has 0 aliphatic rings. The van der Waals surface area contributed by atoms with Crippen molar-refractivity contribution in [2.75, 3.05) is 19.8 Å². The van der Waals surface area contributed by atoms with Crippen LogP contribution in [0, 0.1) is 6.92 Å². The molecule has 1 aromatic heterocycles. The Morgan fingerprint density at radius 3 is 2.53 bits per heavy atom. The Morgan fingerprint density at radius 2 is 2.00 bits per heavy atom. The summed E-state index contributed by atoms with van der Waals surface area (Å²) in [5.74, 6) is -0.225. The number of hydrogen-bond acceptors (Lipinski definition) is 4.